The van der Waals surface area contributed by atoms with Crippen LogP contribution >= 0.6 is 0 Å². The van der Waals surface area contributed by atoms with Gasteiger partial charge in [-0.1, -0.05) is 12.6 Å². The van der Waals surface area contributed by atoms with Gasteiger partial charge in [0.1, 0.15) is 10.1 Å². The lowest BCUT2D eigenvalue weighted by molar-refractivity contribution is 0.174. The van der Waals surface area contributed by atoms with Crippen molar-refractivity contribution in [2.75, 3.05) is 6.79 Å². The van der Waals surface area contributed by atoms with Crippen molar-refractivity contribution in [3.63, 3.8) is 0 Å². The zero-order chi connectivity index (χ0) is 19.2. The van der Waals surface area contributed by atoms with Gasteiger partial charge in [-0.15, -0.1) is 0 Å². The molecule has 2 aromatic carbocycles. The average molecular weight is 385 g/mol. The maximum absolute atomic E-state index is 12.7. The Morgan fingerprint density at radius 1 is 1.11 bits per heavy atom. The normalized spacial score (nSPS) is 13.9. The Morgan fingerprint density at radius 3 is 2.52 bits per heavy atom. The van der Waals surface area contributed by atoms with E-state index in [-0.39, 0.29) is 17.2 Å². The van der Waals surface area contributed by atoms with E-state index in [0.29, 0.717) is 27.8 Å². The minimum atomic E-state index is -4.55. The number of benzene rings is 2. The molecule has 0 unspecified atom stereocenters. The SMILES string of the molecule is C=c1[nH]n(-c2ccc(S(=O)(=O)[O-])cc2)c(=O)/c1=C\c1ccc2c(c1)OCO2. The fraction of sp³-hybridized carbons (Fsp3) is 0.0556. The molecule has 1 aliphatic heterocycles. The summed E-state index contributed by atoms with van der Waals surface area (Å²) in [5.74, 6) is 1.24. The summed E-state index contributed by atoms with van der Waals surface area (Å²) in [6.07, 6.45) is 1.66. The minimum absolute atomic E-state index is 0.158. The fourth-order valence-corrected chi connectivity index (χ4v) is 3.23. The van der Waals surface area contributed by atoms with E-state index in [1.807, 2.05) is 0 Å². The van der Waals surface area contributed by atoms with Gasteiger partial charge in [0.2, 0.25) is 6.79 Å². The van der Waals surface area contributed by atoms with E-state index in [2.05, 4.69) is 11.7 Å². The Morgan fingerprint density at radius 2 is 1.81 bits per heavy atom. The standard InChI is InChI=1S/C18H14N2O6S/c1-11-15(8-12-2-7-16-17(9-12)26-10-25-16)18(21)20(19-11)13-3-5-14(6-4-13)27(22,23)24/h2-9,19H,1,10H2,(H,22,23,24)/p-1/b15-8-. The second kappa shape index (κ2) is 6.15. The van der Waals surface area contributed by atoms with Crippen LogP contribution in [0.4, 0.5) is 0 Å². The van der Waals surface area contributed by atoms with Gasteiger partial charge in [0.05, 0.1) is 21.2 Å². The summed E-state index contributed by atoms with van der Waals surface area (Å²) < 4.78 is 44.9. The number of rotatable bonds is 3. The molecule has 3 aromatic rings. The summed E-state index contributed by atoms with van der Waals surface area (Å²) in [6, 6.07) is 10.3. The van der Waals surface area contributed by atoms with Crippen molar-refractivity contribution >= 4 is 22.8 Å². The monoisotopic (exact) mass is 385 g/mol. The van der Waals surface area contributed by atoms with Crippen molar-refractivity contribution in [2.24, 2.45) is 0 Å². The van der Waals surface area contributed by atoms with Crippen LogP contribution in [0.3, 0.4) is 0 Å². The number of ether oxygens (including phenoxy) is 2. The third-order valence-corrected chi connectivity index (χ3v) is 4.95. The third-order valence-electron chi connectivity index (χ3n) is 4.10. The van der Waals surface area contributed by atoms with Crippen molar-refractivity contribution in [3.05, 3.63) is 68.9 Å². The zero-order valence-corrected chi connectivity index (χ0v) is 14.7. The highest BCUT2D eigenvalue weighted by Crippen LogP contribution is 2.32. The second-order valence-corrected chi connectivity index (χ2v) is 7.23. The molecule has 0 atom stereocenters. The Bertz CT molecular complexity index is 1300. The number of hydrogen-bond donors (Lipinski definition) is 1. The Balaban J connectivity index is 1.78. The molecule has 0 fully saturated rings. The van der Waals surface area contributed by atoms with Crippen molar-refractivity contribution < 1.29 is 22.4 Å². The van der Waals surface area contributed by atoms with Gasteiger partial charge in [-0.05, 0) is 48.0 Å². The van der Waals surface area contributed by atoms with Crippen LogP contribution in [0, 0.1) is 0 Å². The van der Waals surface area contributed by atoms with E-state index in [4.69, 9.17) is 9.47 Å². The Hall–Kier alpha value is -3.30. The third kappa shape index (κ3) is 3.14. The number of fused-ring (bicyclic) bond motifs is 1. The van der Waals surface area contributed by atoms with Gasteiger partial charge in [0.25, 0.3) is 5.56 Å². The second-order valence-electron chi connectivity index (χ2n) is 5.85. The van der Waals surface area contributed by atoms with Crippen LogP contribution in [0.2, 0.25) is 0 Å². The summed E-state index contributed by atoms with van der Waals surface area (Å²) >= 11 is 0. The molecule has 27 heavy (non-hydrogen) atoms. The molecule has 0 saturated heterocycles. The first-order chi connectivity index (χ1) is 12.8. The van der Waals surface area contributed by atoms with Crippen LogP contribution in [0.25, 0.3) is 18.3 Å². The lowest BCUT2D eigenvalue weighted by atomic mass is 10.1. The molecule has 1 aliphatic rings. The number of hydrogen-bond acceptors (Lipinski definition) is 6. The highest BCUT2D eigenvalue weighted by molar-refractivity contribution is 7.85. The molecule has 0 amide bonds. The molecular formula is C18H13N2O6S-. The molecular weight excluding hydrogens is 372 g/mol. The van der Waals surface area contributed by atoms with Crippen LogP contribution in [-0.2, 0) is 10.1 Å². The van der Waals surface area contributed by atoms with Crippen LogP contribution < -0.4 is 25.6 Å². The van der Waals surface area contributed by atoms with Crippen molar-refractivity contribution in [2.45, 2.75) is 4.90 Å². The quantitative estimate of drug-likeness (QED) is 0.637. The van der Waals surface area contributed by atoms with Crippen molar-refractivity contribution in [1.82, 2.24) is 9.78 Å². The zero-order valence-electron chi connectivity index (χ0n) is 13.8. The molecule has 4 rings (SSSR count). The summed E-state index contributed by atoms with van der Waals surface area (Å²) in [5, 5.41) is 3.57. The first-order valence-electron chi connectivity index (χ1n) is 7.80. The first kappa shape index (κ1) is 17.1. The fourth-order valence-electron chi connectivity index (χ4n) is 2.76. The van der Waals surface area contributed by atoms with E-state index in [9.17, 15) is 17.8 Å². The molecule has 1 N–H and O–H groups in total. The van der Waals surface area contributed by atoms with E-state index in [0.717, 1.165) is 17.7 Å². The van der Waals surface area contributed by atoms with Crippen LogP contribution in [0.5, 0.6) is 11.5 Å². The average Bonchev–Trinajstić information content (AvgIpc) is 3.20. The smallest absolute Gasteiger partial charge is 0.279 e. The van der Waals surface area contributed by atoms with E-state index in [1.165, 1.54) is 16.8 Å². The molecule has 9 heteroatoms. The van der Waals surface area contributed by atoms with Gasteiger partial charge in [-0.2, -0.15) is 0 Å². The van der Waals surface area contributed by atoms with Crippen LogP contribution in [0.1, 0.15) is 5.56 Å². The highest BCUT2D eigenvalue weighted by Gasteiger charge is 2.13. The Kier molecular flexibility index (Phi) is 3.90. The molecule has 8 nitrogen and oxygen atoms in total. The molecule has 2 heterocycles. The molecule has 0 aliphatic carbocycles. The topological polar surface area (TPSA) is 113 Å². The van der Waals surface area contributed by atoms with E-state index >= 15 is 0 Å². The lowest BCUT2D eigenvalue weighted by Gasteiger charge is -2.07. The molecule has 0 saturated carbocycles. The van der Waals surface area contributed by atoms with Gasteiger partial charge in [-0.25, -0.2) is 13.1 Å². The van der Waals surface area contributed by atoms with Gasteiger partial charge in [0.15, 0.2) is 11.5 Å². The molecule has 0 bridgehead atoms. The number of aromatic nitrogens is 2. The lowest BCUT2D eigenvalue weighted by Crippen LogP contribution is -2.33. The molecule has 1 aromatic heterocycles. The Labute approximate surface area is 153 Å². The summed E-state index contributed by atoms with van der Waals surface area (Å²) in [7, 11) is -4.55. The summed E-state index contributed by atoms with van der Waals surface area (Å²) in [4.78, 5) is 12.4. The first-order valence-corrected chi connectivity index (χ1v) is 9.21. The highest BCUT2D eigenvalue weighted by atomic mass is 32.2. The minimum Gasteiger partial charge on any atom is -0.744 e. The maximum atomic E-state index is 12.7. The number of aromatic amines is 1. The number of H-pyrrole nitrogens is 1. The molecule has 0 radical (unpaired) electrons. The van der Waals surface area contributed by atoms with Crippen LogP contribution in [0.15, 0.2) is 52.2 Å². The molecule has 138 valence electrons. The molecule has 0 spiro atoms. The summed E-state index contributed by atoms with van der Waals surface area (Å²) in [6.45, 7) is 4.00. The van der Waals surface area contributed by atoms with Crippen LogP contribution in [-0.4, -0.2) is 29.5 Å². The van der Waals surface area contributed by atoms with Gasteiger partial charge in [-0.3, -0.25) is 9.89 Å². The predicted molar refractivity (Wildman–Crippen MR) is 95.3 cm³/mol. The largest absolute Gasteiger partial charge is 0.744 e. The van der Waals surface area contributed by atoms with E-state index < -0.39 is 10.1 Å². The van der Waals surface area contributed by atoms with Gasteiger partial charge < -0.3 is 14.0 Å². The maximum Gasteiger partial charge on any atom is 0.279 e. The number of nitrogens with zero attached hydrogens (tertiary/aromatic N) is 1. The number of nitrogens with one attached hydrogen (secondary N) is 1. The summed E-state index contributed by atoms with van der Waals surface area (Å²) in [5.41, 5.74) is 0.748. The van der Waals surface area contributed by atoms with Gasteiger partial charge >= 0.3 is 0 Å². The van der Waals surface area contributed by atoms with E-state index in [1.54, 1.807) is 24.3 Å². The van der Waals surface area contributed by atoms with Gasteiger partial charge in [0, 0.05) is 0 Å². The predicted octanol–water partition coefficient (Wildman–Crippen LogP) is 0.0375. The van der Waals surface area contributed by atoms with Crippen molar-refractivity contribution in [3.8, 4) is 17.2 Å². The van der Waals surface area contributed by atoms with Crippen molar-refractivity contribution in [1.29, 1.82) is 0 Å².